The molecule has 0 spiro atoms. The molecule has 0 saturated heterocycles. The van der Waals surface area contributed by atoms with E-state index in [0.29, 0.717) is 13.0 Å². The van der Waals surface area contributed by atoms with Gasteiger partial charge in [-0.05, 0) is 41.3 Å². The van der Waals surface area contributed by atoms with Crippen LogP contribution >= 0.6 is 22.7 Å². The van der Waals surface area contributed by atoms with Crippen LogP contribution in [0.25, 0.3) is 0 Å². The Hall–Kier alpha value is -1.86. The number of amides is 1. The number of hydrogen-bond donors (Lipinski definition) is 1. The van der Waals surface area contributed by atoms with Crippen molar-refractivity contribution in [2.45, 2.75) is 25.8 Å². The van der Waals surface area contributed by atoms with Crippen LogP contribution in [0.4, 0.5) is 0 Å². The third-order valence-electron chi connectivity index (χ3n) is 4.63. The smallest absolute Gasteiger partial charge is 0.224 e. The maximum atomic E-state index is 12.5. The summed E-state index contributed by atoms with van der Waals surface area (Å²) in [6.07, 6.45) is 2.49. The summed E-state index contributed by atoms with van der Waals surface area (Å²) in [4.78, 5) is 23.7. The van der Waals surface area contributed by atoms with Gasteiger partial charge in [0.25, 0.3) is 0 Å². The van der Waals surface area contributed by atoms with Gasteiger partial charge in [0.15, 0.2) is 5.96 Å². The molecule has 0 fully saturated rings. The number of carbonyl (C=O) groups excluding carboxylic acids is 1. The van der Waals surface area contributed by atoms with E-state index in [4.69, 9.17) is 0 Å². The van der Waals surface area contributed by atoms with Gasteiger partial charge in [0.1, 0.15) is 0 Å². The second-order valence-electron chi connectivity index (χ2n) is 6.41. The zero-order valence-corrected chi connectivity index (χ0v) is 17.0. The second-order valence-corrected chi connectivity index (χ2v) is 8.44. The predicted octanol–water partition coefficient (Wildman–Crippen LogP) is 2.83. The fourth-order valence-electron chi connectivity index (χ4n) is 3.12. The summed E-state index contributed by atoms with van der Waals surface area (Å²) in [6, 6.07) is 6.38. The number of fused-ring (bicyclic) bond motifs is 1. The lowest BCUT2D eigenvalue weighted by atomic mass is 10.1. The Balaban J connectivity index is 1.40. The van der Waals surface area contributed by atoms with Crippen LogP contribution in [-0.4, -0.2) is 55.4 Å². The Morgan fingerprint density at radius 2 is 2.23 bits per heavy atom. The van der Waals surface area contributed by atoms with E-state index >= 15 is 0 Å². The van der Waals surface area contributed by atoms with E-state index in [-0.39, 0.29) is 5.91 Å². The summed E-state index contributed by atoms with van der Waals surface area (Å²) < 4.78 is 0. The molecule has 0 radical (unpaired) electrons. The highest BCUT2D eigenvalue weighted by atomic mass is 32.1. The molecule has 1 amide bonds. The van der Waals surface area contributed by atoms with Gasteiger partial charge in [0.2, 0.25) is 5.91 Å². The Morgan fingerprint density at radius 3 is 3.00 bits per heavy atom. The van der Waals surface area contributed by atoms with Gasteiger partial charge >= 0.3 is 0 Å². The molecule has 2 aromatic rings. The first-order chi connectivity index (χ1) is 12.7. The van der Waals surface area contributed by atoms with E-state index in [9.17, 15) is 4.79 Å². The van der Waals surface area contributed by atoms with Crippen LogP contribution in [0.15, 0.2) is 34.0 Å². The van der Waals surface area contributed by atoms with Gasteiger partial charge in [-0.15, -0.1) is 22.7 Å². The molecule has 7 heteroatoms. The molecule has 1 aliphatic heterocycles. The minimum absolute atomic E-state index is 0.214. The molecule has 26 heavy (non-hydrogen) atoms. The van der Waals surface area contributed by atoms with E-state index < -0.39 is 0 Å². The molecule has 140 valence electrons. The first kappa shape index (κ1) is 18.9. The SMILES string of the molecule is CN=C(NCCC(=O)N1CCc2sccc2C1)N(C)CCc1cccs1. The Bertz CT molecular complexity index is 739. The molecular formula is C19H26N4OS2. The average molecular weight is 391 g/mol. The molecule has 0 unspecified atom stereocenters. The van der Waals surface area contributed by atoms with Crippen LogP contribution in [0.1, 0.15) is 21.7 Å². The standard InChI is InChI=1S/C19H26N4OS2/c1-20-19(22(2)10-6-16-4-3-12-25-16)21-9-5-18(24)23-11-7-17-15(14-23)8-13-26-17/h3-4,8,12-13H,5-7,9-11,14H2,1-2H3,(H,20,21). The van der Waals surface area contributed by atoms with Gasteiger partial charge in [0, 0.05) is 56.4 Å². The number of carbonyl (C=O) groups is 1. The number of likely N-dealkylation sites (N-methyl/N-ethyl adjacent to an activating group) is 1. The molecule has 0 aliphatic carbocycles. The first-order valence-electron chi connectivity index (χ1n) is 8.94. The molecule has 0 bridgehead atoms. The van der Waals surface area contributed by atoms with Gasteiger partial charge < -0.3 is 15.1 Å². The van der Waals surface area contributed by atoms with E-state index in [0.717, 1.165) is 38.4 Å². The highest BCUT2D eigenvalue weighted by molar-refractivity contribution is 7.10. The van der Waals surface area contributed by atoms with Gasteiger partial charge in [-0.3, -0.25) is 9.79 Å². The molecule has 0 saturated carbocycles. The van der Waals surface area contributed by atoms with Gasteiger partial charge in [-0.25, -0.2) is 0 Å². The summed E-state index contributed by atoms with van der Waals surface area (Å²) in [5.41, 5.74) is 1.31. The topological polar surface area (TPSA) is 47.9 Å². The molecule has 1 aliphatic rings. The van der Waals surface area contributed by atoms with Gasteiger partial charge in [0.05, 0.1) is 0 Å². The van der Waals surface area contributed by atoms with Crippen LogP contribution in [0, 0.1) is 0 Å². The monoisotopic (exact) mass is 390 g/mol. The van der Waals surface area contributed by atoms with Crippen LogP contribution in [-0.2, 0) is 24.2 Å². The quantitative estimate of drug-likeness (QED) is 0.609. The fourth-order valence-corrected chi connectivity index (χ4v) is 4.71. The highest BCUT2D eigenvalue weighted by Crippen LogP contribution is 2.24. The number of hydrogen-bond acceptors (Lipinski definition) is 4. The molecule has 3 rings (SSSR count). The number of thiophene rings is 2. The van der Waals surface area contributed by atoms with E-state index in [1.165, 1.54) is 15.3 Å². The van der Waals surface area contributed by atoms with E-state index in [2.05, 4.69) is 44.2 Å². The summed E-state index contributed by atoms with van der Waals surface area (Å²) in [6.45, 7) is 3.11. The molecule has 0 aromatic carbocycles. The molecule has 0 atom stereocenters. The van der Waals surface area contributed by atoms with E-state index in [1.807, 2.05) is 11.9 Å². The van der Waals surface area contributed by atoms with Crippen molar-refractivity contribution in [2.24, 2.45) is 4.99 Å². The van der Waals surface area contributed by atoms with Crippen molar-refractivity contribution in [3.05, 3.63) is 44.3 Å². The number of nitrogens with one attached hydrogen (secondary N) is 1. The number of nitrogens with zero attached hydrogens (tertiary/aromatic N) is 3. The third kappa shape index (κ3) is 4.86. The maximum Gasteiger partial charge on any atom is 0.224 e. The first-order valence-corrected chi connectivity index (χ1v) is 10.7. The molecule has 5 nitrogen and oxygen atoms in total. The summed E-state index contributed by atoms with van der Waals surface area (Å²) in [5, 5.41) is 7.54. The number of aliphatic imine (C=N–C) groups is 1. The minimum atomic E-state index is 0.214. The number of guanidine groups is 1. The Kier molecular flexibility index (Phi) is 6.68. The van der Waals surface area contributed by atoms with Crippen LogP contribution in [0.3, 0.4) is 0 Å². The van der Waals surface area contributed by atoms with Gasteiger partial charge in [-0.2, -0.15) is 0 Å². The lowest BCUT2D eigenvalue weighted by Crippen LogP contribution is -2.42. The molecule has 2 aromatic heterocycles. The number of rotatable bonds is 6. The van der Waals surface area contributed by atoms with Crippen molar-refractivity contribution < 1.29 is 4.79 Å². The highest BCUT2D eigenvalue weighted by Gasteiger charge is 2.21. The largest absolute Gasteiger partial charge is 0.356 e. The Labute approximate surface area is 163 Å². The van der Waals surface area contributed by atoms with Crippen LogP contribution in [0.2, 0.25) is 0 Å². The molecule has 3 heterocycles. The maximum absolute atomic E-state index is 12.5. The van der Waals surface area contributed by atoms with Crippen molar-refractivity contribution in [3.63, 3.8) is 0 Å². The predicted molar refractivity (Wildman–Crippen MR) is 110 cm³/mol. The minimum Gasteiger partial charge on any atom is -0.356 e. The Morgan fingerprint density at radius 1 is 1.35 bits per heavy atom. The molecular weight excluding hydrogens is 364 g/mol. The summed E-state index contributed by atoms with van der Waals surface area (Å²) in [5.74, 6) is 1.05. The summed E-state index contributed by atoms with van der Waals surface area (Å²) in [7, 11) is 3.82. The summed E-state index contributed by atoms with van der Waals surface area (Å²) >= 11 is 3.58. The van der Waals surface area contributed by atoms with Gasteiger partial charge in [-0.1, -0.05) is 6.07 Å². The van der Waals surface area contributed by atoms with Crippen molar-refractivity contribution >= 4 is 34.5 Å². The fraction of sp³-hybridized carbons (Fsp3) is 0.474. The van der Waals surface area contributed by atoms with Crippen molar-refractivity contribution in [1.29, 1.82) is 0 Å². The van der Waals surface area contributed by atoms with Crippen LogP contribution < -0.4 is 5.32 Å². The second kappa shape index (κ2) is 9.19. The normalized spacial score (nSPS) is 14.2. The van der Waals surface area contributed by atoms with Crippen molar-refractivity contribution in [3.8, 4) is 0 Å². The molecule has 1 N–H and O–H groups in total. The average Bonchev–Trinajstić information content (AvgIpc) is 3.33. The van der Waals surface area contributed by atoms with Crippen molar-refractivity contribution in [2.75, 3.05) is 33.7 Å². The van der Waals surface area contributed by atoms with Crippen LogP contribution in [0.5, 0.6) is 0 Å². The zero-order chi connectivity index (χ0) is 18.4. The lowest BCUT2D eigenvalue weighted by molar-refractivity contribution is -0.131. The van der Waals surface area contributed by atoms with E-state index in [1.54, 1.807) is 29.7 Å². The third-order valence-corrected chi connectivity index (χ3v) is 6.59. The lowest BCUT2D eigenvalue weighted by Gasteiger charge is -2.27. The van der Waals surface area contributed by atoms with Crippen molar-refractivity contribution in [1.82, 2.24) is 15.1 Å². The zero-order valence-electron chi connectivity index (χ0n) is 15.4.